The molecule has 13 heavy (non-hydrogen) atoms. The minimum atomic E-state index is 0. The first-order valence-electron chi connectivity index (χ1n) is 3.57. The fraction of sp³-hybridized carbons (Fsp3) is 0.222. The van der Waals surface area contributed by atoms with E-state index in [9.17, 15) is 5.11 Å². The van der Waals surface area contributed by atoms with Gasteiger partial charge in [-0.25, -0.2) is 0 Å². The van der Waals surface area contributed by atoms with Crippen LogP contribution in [0.4, 0.5) is 0 Å². The second kappa shape index (κ2) is 4.72. The molecule has 1 aromatic carbocycles. The highest BCUT2D eigenvalue weighted by molar-refractivity contribution is 5.91. The summed E-state index contributed by atoms with van der Waals surface area (Å²) in [6, 6.07) is 4.91. The molecule has 0 saturated carbocycles. The summed E-state index contributed by atoms with van der Waals surface area (Å²) in [7, 11) is 1.45. The van der Waals surface area contributed by atoms with Gasteiger partial charge in [0, 0.05) is 5.56 Å². The lowest BCUT2D eigenvalue weighted by Gasteiger charge is -2.03. The van der Waals surface area contributed by atoms with Gasteiger partial charge >= 0.3 is 0 Å². The number of halogens is 1. The number of methoxy groups -OCH3 is 1. The zero-order chi connectivity index (χ0) is 9.14. The molecule has 0 aliphatic carbocycles. The maximum atomic E-state index is 9.19. The van der Waals surface area contributed by atoms with Crippen LogP contribution in [0.3, 0.4) is 0 Å². The molecule has 3 nitrogen and oxygen atoms in total. The van der Waals surface area contributed by atoms with Gasteiger partial charge in [0.15, 0.2) is 0 Å². The van der Waals surface area contributed by atoms with E-state index in [0.29, 0.717) is 5.56 Å². The number of ether oxygens (including phenoxy) is 1. The second-order valence-electron chi connectivity index (χ2n) is 2.53. The van der Waals surface area contributed by atoms with E-state index in [1.165, 1.54) is 7.11 Å². The maximum Gasteiger partial charge on any atom is 0.212 e. The predicted molar refractivity (Wildman–Crippen MR) is 53.9 cm³/mol. The third kappa shape index (κ3) is 2.63. The molecule has 0 aliphatic heterocycles. The minimum absolute atomic E-state index is 0. The largest absolute Gasteiger partial charge is 0.508 e. The van der Waals surface area contributed by atoms with Gasteiger partial charge in [0.1, 0.15) is 5.75 Å². The molecule has 2 N–H and O–H groups in total. The normalized spacial score (nSPS) is 8.77. The number of nitrogens with one attached hydrogen (secondary N) is 1. The topological polar surface area (TPSA) is 53.3 Å². The number of benzene rings is 1. The van der Waals surface area contributed by atoms with Crippen LogP contribution in [0, 0.1) is 12.3 Å². The van der Waals surface area contributed by atoms with Gasteiger partial charge in [-0.2, -0.15) is 0 Å². The third-order valence-electron chi connectivity index (χ3n) is 1.66. The molecule has 0 aliphatic rings. The molecule has 0 bridgehead atoms. The lowest BCUT2D eigenvalue weighted by atomic mass is 10.1. The standard InChI is InChI=1S/C9H11NO2.ClH/c1-6-5-7(9(10)12-2)3-4-8(6)11;/h3-5,10-11H,1-2H3;1H. The van der Waals surface area contributed by atoms with E-state index < -0.39 is 0 Å². The van der Waals surface area contributed by atoms with E-state index in [1.807, 2.05) is 0 Å². The van der Waals surface area contributed by atoms with Crippen LogP contribution in [0.2, 0.25) is 0 Å². The molecule has 4 heteroatoms. The number of rotatable bonds is 1. The van der Waals surface area contributed by atoms with Crippen molar-refractivity contribution in [1.82, 2.24) is 0 Å². The van der Waals surface area contributed by atoms with Gasteiger partial charge in [0.2, 0.25) is 5.90 Å². The van der Waals surface area contributed by atoms with Crippen LogP contribution in [-0.4, -0.2) is 18.1 Å². The van der Waals surface area contributed by atoms with E-state index in [0.717, 1.165) is 5.56 Å². The van der Waals surface area contributed by atoms with Gasteiger partial charge in [0.25, 0.3) is 0 Å². The number of hydrogen-bond donors (Lipinski definition) is 2. The molecule has 0 unspecified atom stereocenters. The van der Waals surface area contributed by atoms with E-state index in [4.69, 9.17) is 10.1 Å². The van der Waals surface area contributed by atoms with Crippen molar-refractivity contribution < 1.29 is 9.84 Å². The summed E-state index contributed by atoms with van der Waals surface area (Å²) in [5.41, 5.74) is 1.42. The Labute approximate surface area is 83.3 Å². The van der Waals surface area contributed by atoms with E-state index in [2.05, 4.69) is 0 Å². The van der Waals surface area contributed by atoms with Crippen LogP contribution in [0.15, 0.2) is 18.2 Å². The van der Waals surface area contributed by atoms with Crippen molar-refractivity contribution in [3.05, 3.63) is 29.3 Å². The summed E-state index contributed by atoms with van der Waals surface area (Å²) in [6.45, 7) is 1.78. The Bertz CT molecular complexity index is 312. The Morgan fingerprint density at radius 3 is 2.54 bits per heavy atom. The number of aromatic hydroxyl groups is 1. The minimum Gasteiger partial charge on any atom is -0.508 e. The smallest absolute Gasteiger partial charge is 0.212 e. The van der Waals surface area contributed by atoms with Gasteiger partial charge in [-0.1, -0.05) is 0 Å². The molecule has 0 aromatic heterocycles. The van der Waals surface area contributed by atoms with Crippen LogP contribution >= 0.6 is 12.4 Å². The van der Waals surface area contributed by atoms with Crippen LogP contribution in [-0.2, 0) is 4.74 Å². The first kappa shape index (κ1) is 11.8. The van der Waals surface area contributed by atoms with Gasteiger partial charge in [0.05, 0.1) is 7.11 Å². The van der Waals surface area contributed by atoms with Gasteiger partial charge in [-0.05, 0) is 30.7 Å². The first-order valence-corrected chi connectivity index (χ1v) is 3.57. The Balaban J connectivity index is 0.00000144. The van der Waals surface area contributed by atoms with E-state index in [1.54, 1.807) is 25.1 Å². The molecular formula is C9H12ClNO2. The second-order valence-corrected chi connectivity index (χ2v) is 2.53. The number of aryl methyl sites for hydroxylation is 1. The number of phenolic OH excluding ortho intramolecular Hbond substituents is 1. The fourth-order valence-corrected chi connectivity index (χ4v) is 0.915. The van der Waals surface area contributed by atoms with Crippen LogP contribution in [0.1, 0.15) is 11.1 Å². The van der Waals surface area contributed by atoms with E-state index in [-0.39, 0.29) is 24.1 Å². The third-order valence-corrected chi connectivity index (χ3v) is 1.66. The van der Waals surface area contributed by atoms with Gasteiger partial charge in [-0.15, -0.1) is 12.4 Å². The zero-order valence-electron chi connectivity index (χ0n) is 7.50. The molecule has 0 atom stereocenters. The maximum absolute atomic E-state index is 9.19. The highest BCUT2D eigenvalue weighted by Gasteiger charge is 2.02. The lowest BCUT2D eigenvalue weighted by Crippen LogP contribution is -2.00. The molecular weight excluding hydrogens is 190 g/mol. The molecule has 0 fully saturated rings. The molecule has 0 radical (unpaired) electrons. The van der Waals surface area contributed by atoms with Crippen LogP contribution in [0.5, 0.6) is 5.75 Å². The molecule has 0 heterocycles. The molecule has 72 valence electrons. The summed E-state index contributed by atoms with van der Waals surface area (Å²) >= 11 is 0. The molecule has 0 amide bonds. The van der Waals surface area contributed by atoms with Crippen molar-refractivity contribution in [3.8, 4) is 5.75 Å². The summed E-state index contributed by atoms with van der Waals surface area (Å²) < 4.78 is 4.73. The quantitative estimate of drug-likeness (QED) is 0.540. The average molecular weight is 202 g/mol. The highest BCUT2D eigenvalue weighted by atomic mass is 35.5. The Kier molecular flexibility index (Phi) is 4.28. The molecule has 0 spiro atoms. The van der Waals surface area contributed by atoms with Crippen molar-refractivity contribution in [3.63, 3.8) is 0 Å². The summed E-state index contributed by atoms with van der Waals surface area (Å²) in [4.78, 5) is 0. The van der Waals surface area contributed by atoms with E-state index >= 15 is 0 Å². The summed E-state index contributed by atoms with van der Waals surface area (Å²) in [6.07, 6.45) is 0. The Morgan fingerprint density at radius 1 is 1.46 bits per heavy atom. The number of hydrogen-bond acceptors (Lipinski definition) is 3. The monoisotopic (exact) mass is 201 g/mol. The molecule has 1 rings (SSSR count). The van der Waals surface area contributed by atoms with Crippen molar-refractivity contribution in [2.24, 2.45) is 0 Å². The average Bonchev–Trinajstić information content (AvgIpc) is 2.08. The summed E-state index contributed by atoms with van der Waals surface area (Å²) in [5.74, 6) is 0.348. The Morgan fingerprint density at radius 2 is 2.08 bits per heavy atom. The fourth-order valence-electron chi connectivity index (χ4n) is 0.915. The van der Waals surface area contributed by atoms with Crippen molar-refractivity contribution in [2.45, 2.75) is 6.92 Å². The lowest BCUT2D eigenvalue weighted by molar-refractivity contribution is 0.401. The van der Waals surface area contributed by atoms with Gasteiger partial charge < -0.3 is 9.84 Å². The number of phenols is 1. The predicted octanol–water partition coefficient (Wildman–Crippen LogP) is 2.09. The van der Waals surface area contributed by atoms with Crippen molar-refractivity contribution >= 4 is 18.3 Å². The zero-order valence-corrected chi connectivity index (χ0v) is 8.31. The Hall–Kier alpha value is -1.22. The summed E-state index contributed by atoms with van der Waals surface area (Å²) in [5, 5.41) is 16.5. The highest BCUT2D eigenvalue weighted by Crippen LogP contribution is 2.17. The van der Waals surface area contributed by atoms with Gasteiger partial charge in [-0.3, -0.25) is 5.41 Å². The van der Waals surface area contributed by atoms with Crippen LogP contribution in [0.25, 0.3) is 0 Å². The van der Waals surface area contributed by atoms with Crippen molar-refractivity contribution in [1.29, 1.82) is 5.41 Å². The molecule has 1 aromatic rings. The molecule has 0 saturated heterocycles. The first-order chi connectivity index (χ1) is 5.65. The van der Waals surface area contributed by atoms with Crippen LogP contribution < -0.4 is 0 Å². The SMILES string of the molecule is COC(=N)c1ccc(O)c(C)c1.Cl. The van der Waals surface area contributed by atoms with Crippen molar-refractivity contribution in [2.75, 3.05) is 7.11 Å².